The summed E-state index contributed by atoms with van der Waals surface area (Å²) in [5.41, 5.74) is 1.04. The van der Waals surface area contributed by atoms with Gasteiger partial charge in [-0.3, -0.25) is 4.79 Å². The second-order valence-corrected chi connectivity index (χ2v) is 6.14. The highest BCUT2D eigenvalue weighted by atomic mass is 32.2. The molecule has 1 aromatic heterocycles. The SMILES string of the molecule is O=C(Nc1ccc(SCc2cccc(F)c2)nn1)c1cccc(F)c1. The van der Waals surface area contributed by atoms with Gasteiger partial charge in [-0.25, -0.2) is 8.78 Å². The van der Waals surface area contributed by atoms with Gasteiger partial charge in [0.05, 0.1) is 0 Å². The Balaban J connectivity index is 1.59. The molecule has 0 aliphatic rings. The molecule has 4 nitrogen and oxygen atoms in total. The summed E-state index contributed by atoms with van der Waals surface area (Å²) in [5, 5.41) is 11.1. The molecule has 3 rings (SSSR count). The number of thioether (sulfide) groups is 1. The maximum atomic E-state index is 13.1. The van der Waals surface area contributed by atoms with Crippen LogP contribution in [-0.4, -0.2) is 16.1 Å². The van der Waals surface area contributed by atoms with Gasteiger partial charge < -0.3 is 5.32 Å². The number of halogens is 2. The fraction of sp³-hybridized carbons (Fsp3) is 0.0556. The van der Waals surface area contributed by atoms with E-state index in [-0.39, 0.29) is 17.2 Å². The van der Waals surface area contributed by atoms with Crippen molar-refractivity contribution in [3.63, 3.8) is 0 Å². The lowest BCUT2D eigenvalue weighted by Gasteiger charge is -2.05. The molecule has 0 bridgehead atoms. The molecule has 25 heavy (non-hydrogen) atoms. The van der Waals surface area contributed by atoms with Gasteiger partial charge in [0.2, 0.25) is 0 Å². The quantitative estimate of drug-likeness (QED) is 0.692. The fourth-order valence-corrected chi connectivity index (χ4v) is 2.82. The van der Waals surface area contributed by atoms with Gasteiger partial charge in [0, 0.05) is 11.3 Å². The smallest absolute Gasteiger partial charge is 0.256 e. The van der Waals surface area contributed by atoms with Crippen LogP contribution in [0.3, 0.4) is 0 Å². The maximum Gasteiger partial charge on any atom is 0.256 e. The van der Waals surface area contributed by atoms with E-state index in [1.54, 1.807) is 18.2 Å². The van der Waals surface area contributed by atoms with Crippen LogP contribution in [0.1, 0.15) is 15.9 Å². The molecule has 0 aliphatic heterocycles. The highest BCUT2D eigenvalue weighted by Gasteiger charge is 2.08. The van der Waals surface area contributed by atoms with Crippen molar-refractivity contribution in [2.24, 2.45) is 0 Å². The largest absolute Gasteiger partial charge is 0.305 e. The number of carbonyl (C=O) groups is 1. The molecule has 0 fully saturated rings. The number of nitrogens with zero attached hydrogens (tertiary/aromatic N) is 2. The average molecular weight is 357 g/mol. The monoisotopic (exact) mass is 357 g/mol. The van der Waals surface area contributed by atoms with Gasteiger partial charge in [0.25, 0.3) is 5.91 Å². The van der Waals surface area contributed by atoms with Crippen LogP contribution in [0.5, 0.6) is 0 Å². The molecule has 3 aromatic rings. The van der Waals surface area contributed by atoms with E-state index in [0.29, 0.717) is 10.8 Å². The number of hydrogen-bond donors (Lipinski definition) is 1. The van der Waals surface area contributed by atoms with Crippen molar-refractivity contribution in [3.05, 3.63) is 83.4 Å². The van der Waals surface area contributed by atoms with E-state index in [1.165, 1.54) is 42.1 Å². The van der Waals surface area contributed by atoms with Crippen LogP contribution in [0, 0.1) is 11.6 Å². The number of aromatic nitrogens is 2. The molecule has 0 unspecified atom stereocenters. The summed E-state index contributed by atoms with van der Waals surface area (Å²) in [6, 6.07) is 15.0. The second-order valence-electron chi connectivity index (χ2n) is 5.14. The zero-order chi connectivity index (χ0) is 17.6. The minimum Gasteiger partial charge on any atom is -0.305 e. The van der Waals surface area contributed by atoms with E-state index in [1.807, 2.05) is 6.07 Å². The molecule has 126 valence electrons. The Morgan fingerprint density at radius 2 is 1.72 bits per heavy atom. The van der Waals surface area contributed by atoms with E-state index in [2.05, 4.69) is 15.5 Å². The summed E-state index contributed by atoms with van der Waals surface area (Å²) in [4.78, 5) is 12.0. The predicted octanol–water partition coefficient (Wildman–Crippen LogP) is 4.30. The fourth-order valence-electron chi connectivity index (χ4n) is 2.07. The minimum atomic E-state index is -0.483. The van der Waals surface area contributed by atoms with E-state index in [0.717, 1.165) is 11.6 Å². The first-order chi connectivity index (χ1) is 12.1. The summed E-state index contributed by atoms with van der Waals surface area (Å²) in [6.07, 6.45) is 0. The number of nitrogens with one attached hydrogen (secondary N) is 1. The van der Waals surface area contributed by atoms with Crippen LogP contribution in [0.25, 0.3) is 0 Å². The first kappa shape index (κ1) is 17.0. The normalized spacial score (nSPS) is 10.5. The van der Waals surface area contributed by atoms with Gasteiger partial charge >= 0.3 is 0 Å². The van der Waals surface area contributed by atoms with Crippen LogP contribution in [0.2, 0.25) is 0 Å². The predicted molar refractivity (Wildman–Crippen MR) is 92.3 cm³/mol. The van der Waals surface area contributed by atoms with Crippen LogP contribution in [0.15, 0.2) is 65.7 Å². The van der Waals surface area contributed by atoms with Crippen molar-refractivity contribution in [3.8, 4) is 0 Å². The van der Waals surface area contributed by atoms with E-state index in [4.69, 9.17) is 0 Å². The Morgan fingerprint density at radius 1 is 0.960 bits per heavy atom. The third kappa shape index (κ3) is 4.84. The molecular formula is C18H13F2N3OS. The summed E-state index contributed by atoms with van der Waals surface area (Å²) in [5.74, 6) is -0.401. The van der Waals surface area contributed by atoms with Gasteiger partial charge in [-0.1, -0.05) is 30.0 Å². The van der Waals surface area contributed by atoms with Crippen molar-refractivity contribution in [1.82, 2.24) is 10.2 Å². The molecule has 0 saturated carbocycles. The number of benzene rings is 2. The van der Waals surface area contributed by atoms with Gasteiger partial charge in [0.1, 0.15) is 16.7 Å². The van der Waals surface area contributed by atoms with Crippen molar-refractivity contribution in [1.29, 1.82) is 0 Å². The summed E-state index contributed by atoms with van der Waals surface area (Å²) in [6.45, 7) is 0. The summed E-state index contributed by atoms with van der Waals surface area (Å²) in [7, 11) is 0. The van der Waals surface area contributed by atoms with Gasteiger partial charge in [-0.2, -0.15) is 0 Å². The molecule has 0 radical (unpaired) electrons. The number of carbonyl (C=O) groups excluding carboxylic acids is 1. The number of rotatable bonds is 5. The van der Waals surface area contributed by atoms with Crippen molar-refractivity contribution in [2.75, 3.05) is 5.32 Å². The highest BCUT2D eigenvalue weighted by Crippen LogP contribution is 2.21. The molecule has 1 amide bonds. The van der Waals surface area contributed by atoms with E-state index in [9.17, 15) is 13.6 Å². The summed E-state index contributed by atoms with van der Waals surface area (Å²) >= 11 is 1.41. The van der Waals surface area contributed by atoms with E-state index >= 15 is 0 Å². The lowest BCUT2D eigenvalue weighted by atomic mass is 10.2. The van der Waals surface area contributed by atoms with Crippen LogP contribution in [-0.2, 0) is 5.75 Å². The maximum absolute atomic E-state index is 13.1. The molecule has 0 saturated heterocycles. The lowest BCUT2D eigenvalue weighted by molar-refractivity contribution is 0.102. The number of amides is 1. The second kappa shape index (κ2) is 7.85. The molecule has 1 heterocycles. The first-order valence-electron chi connectivity index (χ1n) is 7.38. The Hall–Kier alpha value is -2.80. The molecular weight excluding hydrogens is 344 g/mol. The average Bonchev–Trinajstić information content (AvgIpc) is 2.61. The zero-order valence-corrected chi connectivity index (χ0v) is 13.8. The van der Waals surface area contributed by atoms with Gasteiger partial charge in [0.15, 0.2) is 5.82 Å². The van der Waals surface area contributed by atoms with E-state index < -0.39 is 11.7 Å². The summed E-state index contributed by atoms with van der Waals surface area (Å²) < 4.78 is 26.3. The molecule has 0 aliphatic carbocycles. The van der Waals surface area contributed by atoms with Crippen molar-refractivity contribution < 1.29 is 13.6 Å². The third-order valence-electron chi connectivity index (χ3n) is 3.24. The number of hydrogen-bond acceptors (Lipinski definition) is 4. The van der Waals surface area contributed by atoms with Gasteiger partial charge in [-0.15, -0.1) is 10.2 Å². The minimum absolute atomic E-state index is 0.200. The molecule has 0 atom stereocenters. The molecule has 0 spiro atoms. The third-order valence-corrected chi connectivity index (χ3v) is 4.24. The van der Waals surface area contributed by atoms with Crippen LogP contribution >= 0.6 is 11.8 Å². The Bertz CT molecular complexity index is 887. The first-order valence-corrected chi connectivity index (χ1v) is 8.36. The van der Waals surface area contributed by atoms with Crippen molar-refractivity contribution >= 4 is 23.5 Å². The number of anilines is 1. The van der Waals surface area contributed by atoms with Crippen LogP contribution < -0.4 is 5.32 Å². The Kier molecular flexibility index (Phi) is 5.35. The standard InChI is InChI=1S/C18H13F2N3OS/c19-14-5-1-3-12(9-14)11-25-17-8-7-16(22-23-17)21-18(24)13-4-2-6-15(20)10-13/h1-10H,11H2,(H,21,22,24). The van der Waals surface area contributed by atoms with Crippen LogP contribution in [0.4, 0.5) is 14.6 Å². The molecule has 2 aromatic carbocycles. The lowest BCUT2D eigenvalue weighted by Crippen LogP contribution is -2.13. The molecule has 1 N–H and O–H groups in total. The Morgan fingerprint density at radius 3 is 2.40 bits per heavy atom. The van der Waals surface area contributed by atoms with Gasteiger partial charge in [-0.05, 0) is 48.0 Å². The zero-order valence-electron chi connectivity index (χ0n) is 12.9. The topological polar surface area (TPSA) is 54.9 Å². The highest BCUT2D eigenvalue weighted by molar-refractivity contribution is 7.98. The van der Waals surface area contributed by atoms with Crippen molar-refractivity contribution in [2.45, 2.75) is 10.8 Å². The Labute approximate surface area is 147 Å². The molecule has 7 heteroatoms.